The third-order valence-electron chi connectivity index (χ3n) is 6.32. The molecule has 20 heavy (non-hydrogen) atoms. The van der Waals surface area contributed by atoms with Crippen LogP contribution < -0.4 is 0 Å². The van der Waals surface area contributed by atoms with Crippen molar-refractivity contribution in [3.8, 4) is 0 Å². The Balaban J connectivity index is 1.92. The van der Waals surface area contributed by atoms with Crippen LogP contribution in [0.25, 0.3) is 0 Å². The van der Waals surface area contributed by atoms with Crippen LogP contribution in [0.1, 0.15) is 59.3 Å². The lowest BCUT2D eigenvalue weighted by molar-refractivity contribution is -0.174. The first-order valence-corrected chi connectivity index (χ1v) is 7.88. The number of esters is 1. The molecule has 2 atom stereocenters. The highest BCUT2D eigenvalue weighted by Crippen LogP contribution is 2.65. The number of ether oxygens (including phenoxy) is 1. The number of nitrogens with zero attached hydrogens (tertiary/aromatic N) is 1. The van der Waals surface area contributed by atoms with Crippen molar-refractivity contribution in [3.63, 3.8) is 0 Å². The van der Waals surface area contributed by atoms with Crippen molar-refractivity contribution in [2.75, 3.05) is 13.1 Å². The second kappa shape index (κ2) is 4.22. The van der Waals surface area contributed by atoms with E-state index in [-0.39, 0.29) is 11.9 Å². The molecule has 0 aromatic rings. The first kappa shape index (κ1) is 13.9. The molecule has 2 bridgehead atoms. The summed E-state index contributed by atoms with van der Waals surface area (Å²) in [4.78, 5) is 27.3. The molecular weight excluding hydrogens is 254 g/mol. The number of carbonyl (C=O) groups is 2. The van der Waals surface area contributed by atoms with E-state index in [4.69, 9.17) is 4.74 Å². The third kappa shape index (κ3) is 1.48. The van der Waals surface area contributed by atoms with E-state index < -0.39 is 16.4 Å². The van der Waals surface area contributed by atoms with E-state index in [0.29, 0.717) is 6.42 Å². The van der Waals surface area contributed by atoms with Crippen molar-refractivity contribution < 1.29 is 14.3 Å². The molecule has 3 fully saturated rings. The van der Waals surface area contributed by atoms with Crippen molar-refractivity contribution in [1.29, 1.82) is 0 Å². The van der Waals surface area contributed by atoms with Gasteiger partial charge in [0, 0.05) is 18.5 Å². The van der Waals surface area contributed by atoms with Crippen molar-refractivity contribution in [2.24, 2.45) is 10.8 Å². The molecule has 0 unspecified atom stereocenters. The van der Waals surface area contributed by atoms with Crippen LogP contribution in [-0.2, 0) is 14.3 Å². The van der Waals surface area contributed by atoms with Gasteiger partial charge >= 0.3 is 5.97 Å². The minimum Gasteiger partial charge on any atom is -0.448 e. The van der Waals surface area contributed by atoms with Crippen LogP contribution in [0.5, 0.6) is 0 Å². The first-order valence-electron chi connectivity index (χ1n) is 7.88. The highest BCUT2D eigenvalue weighted by molar-refractivity contribution is 5.96. The van der Waals surface area contributed by atoms with Crippen molar-refractivity contribution in [1.82, 2.24) is 4.90 Å². The van der Waals surface area contributed by atoms with E-state index in [9.17, 15) is 9.59 Å². The van der Waals surface area contributed by atoms with Crippen molar-refractivity contribution in [3.05, 3.63) is 0 Å². The molecule has 2 heterocycles. The fourth-order valence-corrected chi connectivity index (χ4v) is 4.25. The summed E-state index contributed by atoms with van der Waals surface area (Å²) in [5, 5.41) is 0. The monoisotopic (exact) mass is 279 g/mol. The Labute approximate surface area is 120 Å². The van der Waals surface area contributed by atoms with Gasteiger partial charge in [-0.1, -0.05) is 26.7 Å². The minimum atomic E-state index is -0.914. The van der Waals surface area contributed by atoms with Gasteiger partial charge in [-0.2, -0.15) is 0 Å². The highest BCUT2D eigenvalue weighted by atomic mass is 16.6. The van der Waals surface area contributed by atoms with E-state index in [2.05, 4.69) is 0 Å². The Morgan fingerprint density at radius 2 is 1.65 bits per heavy atom. The number of likely N-dealkylation sites (tertiary alicyclic amines) is 1. The van der Waals surface area contributed by atoms with Crippen molar-refractivity contribution in [2.45, 2.75) is 64.9 Å². The molecule has 0 radical (unpaired) electrons. The SMILES string of the molecule is CC1(C)[C@@]2(C(=O)N3CCCCCC3)CC[C@]1(C)C(=O)O2. The summed E-state index contributed by atoms with van der Waals surface area (Å²) < 4.78 is 5.69. The molecule has 0 N–H and O–H groups in total. The van der Waals surface area contributed by atoms with Gasteiger partial charge in [-0.15, -0.1) is 0 Å². The third-order valence-corrected chi connectivity index (χ3v) is 6.32. The van der Waals surface area contributed by atoms with E-state index >= 15 is 0 Å². The topological polar surface area (TPSA) is 46.6 Å². The fourth-order valence-electron chi connectivity index (χ4n) is 4.25. The second-order valence-corrected chi connectivity index (χ2v) is 7.38. The molecule has 1 aliphatic carbocycles. The van der Waals surface area contributed by atoms with Crippen molar-refractivity contribution >= 4 is 11.9 Å². The van der Waals surface area contributed by atoms with E-state index in [1.807, 2.05) is 25.7 Å². The summed E-state index contributed by atoms with van der Waals surface area (Å²) in [6, 6.07) is 0. The van der Waals surface area contributed by atoms with Crippen LogP contribution in [0.3, 0.4) is 0 Å². The number of hydrogen-bond donors (Lipinski definition) is 0. The van der Waals surface area contributed by atoms with Gasteiger partial charge in [0.2, 0.25) is 0 Å². The number of fused-ring (bicyclic) bond motifs is 2. The summed E-state index contributed by atoms with van der Waals surface area (Å²) in [5.41, 5.74) is -1.84. The maximum absolute atomic E-state index is 13.1. The average molecular weight is 279 g/mol. The molecular formula is C16H25NO3. The summed E-state index contributed by atoms with van der Waals surface area (Å²) >= 11 is 0. The quantitative estimate of drug-likeness (QED) is 0.693. The molecule has 3 aliphatic rings. The van der Waals surface area contributed by atoms with Crippen LogP contribution in [0.15, 0.2) is 0 Å². The van der Waals surface area contributed by atoms with Gasteiger partial charge in [0.05, 0.1) is 5.41 Å². The first-order chi connectivity index (χ1) is 9.35. The Hall–Kier alpha value is -1.06. The Kier molecular flexibility index (Phi) is 2.93. The molecule has 4 heteroatoms. The predicted molar refractivity (Wildman–Crippen MR) is 75.0 cm³/mol. The lowest BCUT2D eigenvalue weighted by Gasteiger charge is -2.38. The van der Waals surface area contributed by atoms with Crippen LogP contribution in [-0.4, -0.2) is 35.5 Å². The maximum atomic E-state index is 13.1. The maximum Gasteiger partial charge on any atom is 0.313 e. The standard InChI is InChI=1S/C16H25NO3/c1-14(2)15(3)8-9-16(14,20-13(15)19)12(18)17-10-6-4-5-7-11-17/h4-11H2,1-3H3/t15-,16+/m1/s1. The average Bonchev–Trinajstić information content (AvgIpc) is 2.68. The van der Waals surface area contributed by atoms with Gasteiger partial charge in [0.1, 0.15) is 0 Å². The largest absolute Gasteiger partial charge is 0.448 e. The lowest BCUT2D eigenvalue weighted by atomic mass is 9.66. The predicted octanol–water partition coefficient (Wildman–Crippen LogP) is 2.51. The molecule has 0 spiro atoms. The Bertz CT molecular complexity index is 451. The summed E-state index contributed by atoms with van der Waals surface area (Å²) in [7, 11) is 0. The van der Waals surface area contributed by atoms with Gasteiger partial charge in [0.25, 0.3) is 5.91 Å². The minimum absolute atomic E-state index is 0.0546. The zero-order chi connectivity index (χ0) is 14.6. The van der Waals surface area contributed by atoms with Crippen LogP contribution in [0.2, 0.25) is 0 Å². The van der Waals surface area contributed by atoms with Gasteiger partial charge < -0.3 is 9.64 Å². The van der Waals surface area contributed by atoms with Gasteiger partial charge in [-0.25, -0.2) is 0 Å². The molecule has 4 nitrogen and oxygen atoms in total. The lowest BCUT2D eigenvalue weighted by Crippen LogP contribution is -2.55. The number of hydrogen-bond acceptors (Lipinski definition) is 3. The normalized spacial score (nSPS) is 39.5. The molecule has 0 aromatic carbocycles. The highest BCUT2D eigenvalue weighted by Gasteiger charge is 2.76. The molecule has 112 valence electrons. The zero-order valence-electron chi connectivity index (χ0n) is 12.8. The van der Waals surface area contributed by atoms with Crippen LogP contribution in [0.4, 0.5) is 0 Å². The Morgan fingerprint density at radius 3 is 2.10 bits per heavy atom. The second-order valence-electron chi connectivity index (χ2n) is 7.38. The molecule has 2 saturated heterocycles. The summed E-state index contributed by atoms with van der Waals surface area (Å²) in [6.45, 7) is 7.64. The van der Waals surface area contributed by atoms with Gasteiger partial charge in [-0.05, 0) is 32.6 Å². The summed E-state index contributed by atoms with van der Waals surface area (Å²) in [5.74, 6) is -0.129. The van der Waals surface area contributed by atoms with Crippen LogP contribution in [0, 0.1) is 10.8 Å². The number of rotatable bonds is 1. The molecule has 3 rings (SSSR count). The van der Waals surface area contributed by atoms with Crippen LogP contribution >= 0.6 is 0 Å². The van der Waals surface area contributed by atoms with E-state index in [0.717, 1.165) is 32.4 Å². The zero-order valence-corrected chi connectivity index (χ0v) is 12.8. The smallest absolute Gasteiger partial charge is 0.313 e. The molecule has 0 aromatic heterocycles. The molecule has 1 saturated carbocycles. The van der Waals surface area contributed by atoms with Gasteiger partial charge in [-0.3, -0.25) is 9.59 Å². The van der Waals surface area contributed by atoms with Gasteiger partial charge in [0.15, 0.2) is 5.60 Å². The van der Waals surface area contributed by atoms with E-state index in [1.54, 1.807) is 0 Å². The molecule has 2 aliphatic heterocycles. The number of carbonyl (C=O) groups excluding carboxylic acids is 2. The Morgan fingerprint density at radius 1 is 1.05 bits per heavy atom. The van der Waals surface area contributed by atoms with E-state index in [1.165, 1.54) is 12.8 Å². The fraction of sp³-hybridized carbons (Fsp3) is 0.875. The summed E-state index contributed by atoms with van der Waals surface area (Å²) in [6.07, 6.45) is 5.95. The number of amides is 1. The molecule has 1 amide bonds.